The Morgan fingerprint density at radius 2 is 2.19 bits per heavy atom. The van der Waals surface area contributed by atoms with Gasteiger partial charge in [0, 0.05) is 25.7 Å². The third-order valence-corrected chi connectivity index (χ3v) is 4.17. The molecule has 0 amide bonds. The highest BCUT2D eigenvalue weighted by atomic mass is 16.3. The van der Waals surface area contributed by atoms with Gasteiger partial charge in [0.05, 0.1) is 6.10 Å². The van der Waals surface area contributed by atoms with Crippen LogP contribution in [0.25, 0.3) is 0 Å². The van der Waals surface area contributed by atoms with Crippen LogP contribution in [0.1, 0.15) is 19.3 Å². The van der Waals surface area contributed by atoms with E-state index in [1.807, 2.05) is 0 Å². The van der Waals surface area contributed by atoms with Crippen molar-refractivity contribution in [2.45, 2.75) is 31.4 Å². The Morgan fingerprint density at radius 3 is 2.94 bits per heavy atom. The topological polar surface area (TPSA) is 52.7 Å². The molecular formula is C12H25N3O. The molecule has 0 saturated carbocycles. The van der Waals surface area contributed by atoms with Crippen molar-refractivity contribution in [2.75, 3.05) is 39.8 Å². The van der Waals surface area contributed by atoms with Gasteiger partial charge < -0.3 is 20.6 Å². The Kier molecular flexibility index (Phi) is 4.19. The van der Waals surface area contributed by atoms with E-state index in [0.717, 1.165) is 31.6 Å². The molecule has 3 N–H and O–H groups in total. The van der Waals surface area contributed by atoms with Crippen LogP contribution in [0, 0.1) is 5.92 Å². The molecule has 0 aromatic heterocycles. The van der Waals surface area contributed by atoms with Crippen molar-refractivity contribution in [3.8, 4) is 0 Å². The largest absolute Gasteiger partial charge is 0.390 e. The summed E-state index contributed by atoms with van der Waals surface area (Å²) in [5, 5.41) is 9.58. The van der Waals surface area contributed by atoms with E-state index in [0.29, 0.717) is 6.54 Å². The molecule has 0 aliphatic carbocycles. The van der Waals surface area contributed by atoms with Gasteiger partial charge in [-0.2, -0.15) is 0 Å². The van der Waals surface area contributed by atoms with E-state index in [1.54, 1.807) is 0 Å². The first-order valence-corrected chi connectivity index (χ1v) is 6.51. The predicted octanol–water partition coefficient (Wildman–Crippen LogP) is -0.278. The summed E-state index contributed by atoms with van der Waals surface area (Å²) < 4.78 is 0. The molecule has 4 heteroatoms. The van der Waals surface area contributed by atoms with Gasteiger partial charge in [-0.25, -0.2) is 0 Å². The molecule has 2 rings (SSSR count). The molecule has 4 nitrogen and oxygen atoms in total. The Hall–Kier alpha value is -0.160. The maximum absolute atomic E-state index is 9.58. The van der Waals surface area contributed by atoms with Gasteiger partial charge in [0.15, 0.2) is 0 Å². The minimum atomic E-state index is -0.349. The van der Waals surface area contributed by atoms with Crippen LogP contribution in [0.4, 0.5) is 0 Å². The Balaban J connectivity index is 1.85. The summed E-state index contributed by atoms with van der Waals surface area (Å²) in [5.41, 5.74) is 5.46. The number of nitrogens with two attached hydrogens (primary N) is 1. The summed E-state index contributed by atoms with van der Waals surface area (Å²) >= 11 is 0. The third-order valence-electron chi connectivity index (χ3n) is 4.17. The molecule has 0 aromatic carbocycles. The van der Waals surface area contributed by atoms with Gasteiger partial charge >= 0.3 is 0 Å². The second-order valence-corrected chi connectivity index (χ2v) is 5.39. The molecule has 3 unspecified atom stereocenters. The summed E-state index contributed by atoms with van der Waals surface area (Å²) in [6.07, 6.45) is 3.58. The number of nitrogens with zero attached hydrogens (tertiary/aromatic N) is 2. The SMILES string of the molecule is CN1CCCC2CN(CC(O)CN)CCC21. The highest BCUT2D eigenvalue weighted by Gasteiger charge is 2.34. The van der Waals surface area contributed by atoms with Crippen LogP contribution in [0.2, 0.25) is 0 Å². The number of rotatable bonds is 3. The zero-order chi connectivity index (χ0) is 11.5. The number of hydrogen-bond donors (Lipinski definition) is 2. The van der Waals surface area contributed by atoms with Gasteiger partial charge in [-0.1, -0.05) is 0 Å². The van der Waals surface area contributed by atoms with Gasteiger partial charge in [0.25, 0.3) is 0 Å². The van der Waals surface area contributed by atoms with Crippen LogP contribution in [0.5, 0.6) is 0 Å². The number of fused-ring (bicyclic) bond motifs is 1. The normalized spacial score (nSPS) is 34.7. The molecule has 2 heterocycles. The van der Waals surface area contributed by atoms with E-state index in [2.05, 4.69) is 16.8 Å². The molecule has 3 atom stereocenters. The van der Waals surface area contributed by atoms with Crippen molar-refractivity contribution in [3.05, 3.63) is 0 Å². The lowest BCUT2D eigenvalue weighted by molar-refractivity contribution is 0.0193. The summed E-state index contributed by atoms with van der Waals surface area (Å²) in [7, 11) is 2.25. The van der Waals surface area contributed by atoms with E-state index in [1.165, 1.54) is 25.8 Å². The average Bonchev–Trinajstić information content (AvgIpc) is 2.29. The highest BCUT2D eigenvalue weighted by Crippen LogP contribution is 2.29. The number of aliphatic hydroxyl groups is 1. The van der Waals surface area contributed by atoms with Crippen LogP contribution in [-0.2, 0) is 0 Å². The molecule has 94 valence electrons. The van der Waals surface area contributed by atoms with Crippen LogP contribution in [0.15, 0.2) is 0 Å². The molecule has 0 spiro atoms. The van der Waals surface area contributed by atoms with Gasteiger partial charge in [-0.05, 0) is 45.3 Å². The van der Waals surface area contributed by atoms with E-state index >= 15 is 0 Å². The first-order chi connectivity index (χ1) is 7.70. The summed E-state index contributed by atoms with van der Waals surface area (Å²) in [4.78, 5) is 4.91. The highest BCUT2D eigenvalue weighted by molar-refractivity contribution is 4.89. The van der Waals surface area contributed by atoms with Crippen molar-refractivity contribution in [1.82, 2.24) is 9.80 Å². The molecule has 0 aromatic rings. The number of aliphatic hydroxyl groups excluding tert-OH is 1. The van der Waals surface area contributed by atoms with Crippen LogP contribution in [0.3, 0.4) is 0 Å². The second-order valence-electron chi connectivity index (χ2n) is 5.39. The summed E-state index contributed by atoms with van der Waals surface area (Å²) in [6.45, 7) is 4.65. The fraction of sp³-hybridized carbons (Fsp3) is 1.00. The molecular weight excluding hydrogens is 202 g/mol. The molecule has 2 fully saturated rings. The molecule has 2 saturated heterocycles. The maximum Gasteiger partial charge on any atom is 0.0789 e. The fourth-order valence-corrected chi connectivity index (χ4v) is 3.27. The number of β-amino-alcohol motifs (C(OH)–C–C–N with tert-alkyl or cyclic N) is 1. The lowest BCUT2D eigenvalue weighted by Gasteiger charge is -2.46. The van der Waals surface area contributed by atoms with E-state index < -0.39 is 0 Å². The van der Waals surface area contributed by atoms with Crippen LogP contribution < -0.4 is 5.73 Å². The Morgan fingerprint density at radius 1 is 1.38 bits per heavy atom. The maximum atomic E-state index is 9.58. The Labute approximate surface area is 98.4 Å². The lowest BCUT2D eigenvalue weighted by Crippen LogP contribution is -2.54. The first kappa shape index (κ1) is 12.3. The van der Waals surface area contributed by atoms with E-state index in [4.69, 9.17) is 5.73 Å². The second kappa shape index (κ2) is 5.45. The molecule has 16 heavy (non-hydrogen) atoms. The summed E-state index contributed by atoms with van der Waals surface area (Å²) in [6, 6.07) is 0.778. The van der Waals surface area contributed by atoms with Crippen LogP contribution in [-0.4, -0.2) is 66.8 Å². The standard InChI is InChI=1S/C12H25N3O/c1-14-5-2-3-10-8-15(6-4-12(10)14)9-11(16)7-13/h10-12,16H,2-9,13H2,1H3. The average molecular weight is 227 g/mol. The van der Waals surface area contributed by atoms with Crippen LogP contribution >= 0.6 is 0 Å². The number of piperidine rings is 2. The third kappa shape index (κ3) is 2.74. The Bertz CT molecular complexity index is 224. The van der Waals surface area contributed by atoms with E-state index in [-0.39, 0.29) is 6.10 Å². The quantitative estimate of drug-likeness (QED) is 0.696. The molecule has 2 aliphatic heterocycles. The van der Waals surface area contributed by atoms with Gasteiger partial charge in [-0.3, -0.25) is 0 Å². The summed E-state index contributed by atoms with van der Waals surface area (Å²) in [5.74, 6) is 0.803. The van der Waals surface area contributed by atoms with Crippen molar-refractivity contribution in [3.63, 3.8) is 0 Å². The van der Waals surface area contributed by atoms with Crippen molar-refractivity contribution in [2.24, 2.45) is 11.7 Å². The predicted molar refractivity (Wildman–Crippen MR) is 65.3 cm³/mol. The smallest absolute Gasteiger partial charge is 0.0789 e. The monoisotopic (exact) mass is 227 g/mol. The lowest BCUT2D eigenvalue weighted by atomic mass is 9.84. The minimum Gasteiger partial charge on any atom is -0.390 e. The molecule has 0 radical (unpaired) electrons. The first-order valence-electron chi connectivity index (χ1n) is 6.51. The molecule has 0 bridgehead atoms. The van der Waals surface area contributed by atoms with Gasteiger partial charge in [0.1, 0.15) is 0 Å². The zero-order valence-corrected chi connectivity index (χ0v) is 10.3. The van der Waals surface area contributed by atoms with Crippen molar-refractivity contribution >= 4 is 0 Å². The molecule has 2 aliphatic rings. The number of hydrogen-bond acceptors (Lipinski definition) is 4. The number of likely N-dealkylation sites (tertiary alicyclic amines) is 2. The van der Waals surface area contributed by atoms with Crippen molar-refractivity contribution in [1.29, 1.82) is 0 Å². The van der Waals surface area contributed by atoms with Gasteiger partial charge in [-0.15, -0.1) is 0 Å². The van der Waals surface area contributed by atoms with Crippen molar-refractivity contribution < 1.29 is 5.11 Å². The zero-order valence-electron chi connectivity index (χ0n) is 10.3. The van der Waals surface area contributed by atoms with Gasteiger partial charge in [0.2, 0.25) is 0 Å². The minimum absolute atomic E-state index is 0.349. The fourth-order valence-electron chi connectivity index (χ4n) is 3.27. The van der Waals surface area contributed by atoms with E-state index in [9.17, 15) is 5.11 Å².